The van der Waals surface area contributed by atoms with Crippen LogP contribution in [0.4, 0.5) is 16.8 Å². The Morgan fingerprint density at radius 1 is 1.06 bits per heavy atom. The zero-order chi connectivity index (χ0) is 22.6. The largest absolute Gasteiger partial charge is 0.367 e. The second kappa shape index (κ2) is 9.51. The SMILES string of the molecule is COC(C(=O)Nc1ccc(N[C@@H]2CCN(c3nc4ccccc4s3)C2)nn1)c1ccccc1. The lowest BCUT2D eigenvalue weighted by molar-refractivity contribution is -0.126. The van der Waals surface area contributed by atoms with Gasteiger partial charge in [0.25, 0.3) is 5.91 Å². The summed E-state index contributed by atoms with van der Waals surface area (Å²) in [6.45, 7) is 1.80. The molecule has 0 radical (unpaired) electrons. The summed E-state index contributed by atoms with van der Waals surface area (Å²) in [6, 6.07) is 21.4. The van der Waals surface area contributed by atoms with E-state index >= 15 is 0 Å². The molecule has 0 bridgehead atoms. The molecule has 5 rings (SSSR count). The van der Waals surface area contributed by atoms with E-state index in [0.29, 0.717) is 11.6 Å². The minimum Gasteiger partial charge on any atom is -0.367 e. The highest BCUT2D eigenvalue weighted by Gasteiger charge is 2.25. The van der Waals surface area contributed by atoms with Crippen molar-refractivity contribution in [2.24, 2.45) is 0 Å². The van der Waals surface area contributed by atoms with Gasteiger partial charge >= 0.3 is 0 Å². The molecule has 0 aliphatic carbocycles. The van der Waals surface area contributed by atoms with Crippen LogP contribution in [0.25, 0.3) is 10.2 Å². The fourth-order valence-corrected chi connectivity index (χ4v) is 4.95. The number of thiazole rings is 1. The molecule has 2 aromatic carbocycles. The van der Waals surface area contributed by atoms with Crippen molar-refractivity contribution in [2.45, 2.75) is 18.6 Å². The standard InChI is InChI=1S/C24H24N6O2S/c1-32-22(16-7-3-2-4-8-16)23(31)27-21-12-11-20(28-29-21)25-17-13-14-30(15-17)24-26-18-9-5-6-10-19(18)33-24/h2-12,17,22H,13-15H2,1H3,(H,25,28)(H,27,29,31)/t17-,22?/m1/s1. The molecule has 1 unspecified atom stereocenters. The van der Waals surface area contributed by atoms with Crippen molar-refractivity contribution in [1.82, 2.24) is 15.2 Å². The molecule has 4 aromatic rings. The third-order valence-electron chi connectivity index (χ3n) is 5.59. The summed E-state index contributed by atoms with van der Waals surface area (Å²) in [6.07, 6.45) is 0.278. The van der Waals surface area contributed by atoms with Gasteiger partial charge in [-0.15, -0.1) is 10.2 Å². The number of anilines is 3. The maximum Gasteiger partial charge on any atom is 0.259 e. The molecule has 2 aromatic heterocycles. The molecule has 1 fully saturated rings. The summed E-state index contributed by atoms with van der Waals surface area (Å²) < 4.78 is 6.57. The first-order valence-electron chi connectivity index (χ1n) is 10.8. The topological polar surface area (TPSA) is 92.3 Å². The predicted octanol–water partition coefficient (Wildman–Crippen LogP) is 4.10. The molecule has 0 saturated carbocycles. The van der Waals surface area contributed by atoms with Gasteiger partial charge in [0.05, 0.1) is 10.2 Å². The number of nitrogens with zero attached hydrogens (tertiary/aromatic N) is 4. The van der Waals surface area contributed by atoms with E-state index in [1.807, 2.05) is 54.6 Å². The van der Waals surface area contributed by atoms with Gasteiger partial charge in [0.15, 0.2) is 17.1 Å². The normalized spacial score (nSPS) is 16.6. The van der Waals surface area contributed by atoms with Gasteiger partial charge in [-0.3, -0.25) is 4.79 Å². The van der Waals surface area contributed by atoms with Crippen LogP contribution in [0.5, 0.6) is 0 Å². The Kier molecular flexibility index (Phi) is 6.14. The van der Waals surface area contributed by atoms with Gasteiger partial charge in [0, 0.05) is 26.2 Å². The summed E-state index contributed by atoms with van der Waals surface area (Å²) in [5.74, 6) is 0.766. The number of hydrogen-bond donors (Lipinski definition) is 2. The van der Waals surface area contributed by atoms with E-state index in [-0.39, 0.29) is 11.9 Å². The Morgan fingerprint density at radius 3 is 2.58 bits per heavy atom. The number of ether oxygens (including phenoxy) is 1. The van der Waals surface area contributed by atoms with Crippen molar-refractivity contribution >= 4 is 44.2 Å². The number of nitrogens with one attached hydrogen (secondary N) is 2. The van der Waals surface area contributed by atoms with Crippen LogP contribution in [0.1, 0.15) is 18.1 Å². The first kappa shape index (κ1) is 21.3. The maximum absolute atomic E-state index is 12.6. The van der Waals surface area contributed by atoms with Gasteiger partial charge in [-0.2, -0.15) is 0 Å². The molecule has 1 saturated heterocycles. The van der Waals surface area contributed by atoms with Crippen LogP contribution in [0.3, 0.4) is 0 Å². The molecule has 1 aliphatic rings. The van der Waals surface area contributed by atoms with Gasteiger partial charge in [0.1, 0.15) is 5.82 Å². The van der Waals surface area contributed by atoms with E-state index in [4.69, 9.17) is 9.72 Å². The number of para-hydroxylation sites is 1. The van der Waals surface area contributed by atoms with Gasteiger partial charge in [0.2, 0.25) is 0 Å². The van der Waals surface area contributed by atoms with Gasteiger partial charge in [-0.05, 0) is 36.2 Å². The number of amides is 1. The first-order valence-corrected chi connectivity index (χ1v) is 11.6. The third kappa shape index (κ3) is 4.79. The molecule has 33 heavy (non-hydrogen) atoms. The van der Waals surface area contributed by atoms with Crippen molar-refractivity contribution in [3.63, 3.8) is 0 Å². The molecule has 0 spiro atoms. The van der Waals surface area contributed by atoms with Crippen molar-refractivity contribution in [3.8, 4) is 0 Å². The monoisotopic (exact) mass is 460 g/mol. The number of carbonyl (C=O) groups excluding carboxylic acids is 1. The number of hydrogen-bond acceptors (Lipinski definition) is 8. The molecule has 1 amide bonds. The number of benzene rings is 2. The summed E-state index contributed by atoms with van der Waals surface area (Å²) in [4.78, 5) is 19.7. The zero-order valence-corrected chi connectivity index (χ0v) is 19.0. The van der Waals surface area contributed by atoms with Crippen molar-refractivity contribution in [3.05, 3.63) is 72.3 Å². The molecule has 3 heterocycles. The molecular formula is C24H24N6O2S. The molecule has 168 valence electrons. The van der Waals surface area contributed by atoms with Gasteiger partial charge in [-0.25, -0.2) is 4.98 Å². The highest BCUT2D eigenvalue weighted by Crippen LogP contribution is 2.31. The van der Waals surface area contributed by atoms with E-state index in [0.717, 1.165) is 35.7 Å². The first-order chi connectivity index (χ1) is 16.2. The summed E-state index contributed by atoms with van der Waals surface area (Å²) >= 11 is 1.72. The van der Waals surface area contributed by atoms with Crippen LogP contribution in [-0.4, -0.2) is 47.3 Å². The molecular weight excluding hydrogens is 436 g/mol. The average molecular weight is 461 g/mol. The Bertz CT molecular complexity index is 1200. The fraction of sp³-hybridized carbons (Fsp3) is 0.250. The van der Waals surface area contributed by atoms with Crippen molar-refractivity contribution in [1.29, 1.82) is 0 Å². The Hall–Kier alpha value is -3.56. The lowest BCUT2D eigenvalue weighted by Gasteiger charge is -2.16. The number of methoxy groups -OCH3 is 1. The molecule has 1 aliphatic heterocycles. The van der Waals surface area contributed by atoms with Crippen LogP contribution in [0.15, 0.2) is 66.7 Å². The molecule has 8 nitrogen and oxygen atoms in total. The van der Waals surface area contributed by atoms with Crippen LogP contribution < -0.4 is 15.5 Å². The number of fused-ring (bicyclic) bond motifs is 1. The molecule has 2 N–H and O–H groups in total. The summed E-state index contributed by atoms with van der Waals surface area (Å²) in [5.41, 5.74) is 1.82. The molecule has 2 atom stereocenters. The van der Waals surface area contributed by atoms with E-state index in [2.05, 4.69) is 31.8 Å². The Morgan fingerprint density at radius 2 is 1.82 bits per heavy atom. The number of rotatable bonds is 7. The fourth-order valence-electron chi connectivity index (χ4n) is 3.95. The zero-order valence-electron chi connectivity index (χ0n) is 18.1. The predicted molar refractivity (Wildman–Crippen MR) is 131 cm³/mol. The van der Waals surface area contributed by atoms with Gasteiger partial charge < -0.3 is 20.3 Å². The minimum absolute atomic E-state index is 0.253. The minimum atomic E-state index is -0.710. The van der Waals surface area contributed by atoms with Crippen LogP contribution >= 0.6 is 11.3 Å². The second-order valence-corrected chi connectivity index (χ2v) is 8.87. The van der Waals surface area contributed by atoms with Gasteiger partial charge in [-0.1, -0.05) is 53.8 Å². The average Bonchev–Trinajstić information content (AvgIpc) is 3.48. The smallest absolute Gasteiger partial charge is 0.259 e. The lowest BCUT2D eigenvalue weighted by Crippen LogP contribution is -2.26. The third-order valence-corrected chi connectivity index (χ3v) is 6.68. The highest BCUT2D eigenvalue weighted by molar-refractivity contribution is 7.22. The van der Waals surface area contributed by atoms with E-state index in [9.17, 15) is 4.79 Å². The number of aromatic nitrogens is 3. The maximum atomic E-state index is 12.6. The number of carbonyl (C=O) groups is 1. The lowest BCUT2D eigenvalue weighted by atomic mass is 10.1. The molecule has 9 heteroatoms. The summed E-state index contributed by atoms with van der Waals surface area (Å²) in [5, 5.41) is 15.7. The quantitative estimate of drug-likeness (QED) is 0.429. The Labute approximate surface area is 195 Å². The van der Waals surface area contributed by atoms with Crippen LogP contribution in [0, 0.1) is 0 Å². The van der Waals surface area contributed by atoms with Crippen LogP contribution in [-0.2, 0) is 9.53 Å². The van der Waals surface area contributed by atoms with Crippen molar-refractivity contribution in [2.75, 3.05) is 35.7 Å². The van der Waals surface area contributed by atoms with Crippen molar-refractivity contribution < 1.29 is 9.53 Å². The van der Waals surface area contributed by atoms with E-state index in [1.165, 1.54) is 11.8 Å². The van der Waals surface area contributed by atoms with E-state index < -0.39 is 6.10 Å². The highest BCUT2D eigenvalue weighted by atomic mass is 32.1. The second-order valence-electron chi connectivity index (χ2n) is 7.86. The van der Waals surface area contributed by atoms with Crippen LogP contribution in [0.2, 0.25) is 0 Å². The Balaban J connectivity index is 1.17. The summed E-state index contributed by atoms with van der Waals surface area (Å²) in [7, 11) is 1.51. The van der Waals surface area contributed by atoms with E-state index in [1.54, 1.807) is 17.4 Å².